The van der Waals surface area contributed by atoms with E-state index in [9.17, 15) is 8.78 Å². The molecule has 2 aliphatic heterocycles. The van der Waals surface area contributed by atoms with Crippen LogP contribution in [0.5, 0.6) is 0 Å². The smallest absolute Gasteiger partial charge is 0.159 e. The number of hydrogen-bond acceptors (Lipinski definition) is 3. The van der Waals surface area contributed by atoms with E-state index in [0.29, 0.717) is 6.61 Å². The molecule has 3 rings (SSSR count). The number of piperidine rings is 1. The van der Waals surface area contributed by atoms with Crippen molar-refractivity contribution in [2.24, 2.45) is 5.92 Å². The van der Waals surface area contributed by atoms with Crippen molar-refractivity contribution in [1.29, 1.82) is 0 Å². The van der Waals surface area contributed by atoms with Gasteiger partial charge in [0.25, 0.3) is 0 Å². The number of nitrogens with one attached hydrogen (secondary N) is 1. The molecule has 1 atom stereocenters. The van der Waals surface area contributed by atoms with E-state index < -0.39 is 11.6 Å². The minimum Gasteiger partial charge on any atom is -0.371 e. The van der Waals surface area contributed by atoms with Crippen LogP contribution in [0.2, 0.25) is 0 Å². The summed E-state index contributed by atoms with van der Waals surface area (Å²) < 4.78 is 32.1. The lowest BCUT2D eigenvalue weighted by atomic mass is 9.97. The standard InChI is InChI=1S/C16H22F2N2O.ClH/c17-14-2-1-13(9-15(14)18)16-11-20(7-8-21-16)10-12-3-5-19-6-4-12;/h1-2,9,12,16,19H,3-8,10-11H2;1H. The van der Waals surface area contributed by atoms with Crippen molar-refractivity contribution in [2.75, 3.05) is 39.3 Å². The zero-order valence-corrected chi connectivity index (χ0v) is 13.4. The molecule has 2 fully saturated rings. The van der Waals surface area contributed by atoms with E-state index >= 15 is 0 Å². The van der Waals surface area contributed by atoms with Gasteiger partial charge in [-0.1, -0.05) is 6.07 Å². The maximum absolute atomic E-state index is 13.4. The molecule has 1 N–H and O–H groups in total. The molecule has 1 unspecified atom stereocenters. The van der Waals surface area contributed by atoms with Crippen LogP contribution in [0.3, 0.4) is 0 Å². The summed E-state index contributed by atoms with van der Waals surface area (Å²) in [5, 5.41) is 3.38. The molecular formula is C16H23ClF2N2O. The predicted molar refractivity (Wildman–Crippen MR) is 84.3 cm³/mol. The maximum Gasteiger partial charge on any atom is 0.159 e. The number of halogens is 3. The van der Waals surface area contributed by atoms with Gasteiger partial charge in [-0.2, -0.15) is 0 Å². The third-order valence-corrected chi connectivity index (χ3v) is 4.44. The molecule has 2 aliphatic rings. The minimum absolute atomic E-state index is 0. The topological polar surface area (TPSA) is 24.5 Å². The lowest BCUT2D eigenvalue weighted by molar-refractivity contribution is -0.0358. The van der Waals surface area contributed by atoms with Crippen LogP contribution in [-0.4, -0.2) is 44.2 Å². The lowest BCUT2D eigenvalue weighted by Gasteiger charge is -2.36. The summed E-state index contributed by atoms with van der Waals surface area (Å²) >= 11 is 0. The molecule has 1 aromatic rings. The van der Waals surface area contributed by atoms with Crippen molar-refractivity contribution in [3.05, 3.63) is 35.4 Å². The number of rotatable bonds is 3. The van der Waals surface area contributed by atoms with Gasteiger partial charge in [0.1, 0.15) is 0 Å². The SMILES string of the molecule is Cl.Fc1ccc(C2CN(CC3CCNCC3)CCO2)cc1F. The van der Waals surface area contributed by atoms with Crippen LogP contribution < -0.4 is 5.32 Å². The van der Waals surface area contributed by atoms with Crippen LogP contribution in [0.25, 0.3) is 0 Å². The van der Waals surface area contributed by atoms with Crippen LogP contribution in [0.4, 0.5) is 8.78 Å². The highest BCUT2D eigenvalue weighted by Gasteiger charge is 2.25. The molecule has 0 spiro atoms. The number of ether oxygens (including phenoxy) is 1. The molecule has 0 amide bonds. The summed E-state index contributed by atoms with van der Waals surface area (Å²) in [6.45, 7) is 5.60. The maximum atomic E-state index is 13.4. The van der Waals surface area contributed by atoms with E-state index in [1.165, 1.54) is 25.0 Å². The second kappa shape index (κ2) is 8.20. The van der Waals surface area contributed by atoms with Gasteiger partial charge in [0.05, 0.1) is 12.7 Å². The summed E-state index contributed by atoms with van der Waals surface area (Å²) in [6, 6.07) is 4.06. The number of hydrogen-bond donors (Lipinski definition) is 1. The van der Waals surface area contributed by atoms with E-state index in [1.54, 1.807) is 6.07 Å². The van der Waals surface area contributed by atoms with E-state index in [-0.39, 0.29) is 18.5 Å². The van der Waals surface area contributed by atoms with Crippen molar-refractivity contribution in [1.82, 2.24) is 10.2 Å². The van der Waals surface area contributed by atoms with Crippen molar-refractivity contribution in [3.63, 3.8) is 0 Å². The first kappa shape index (κ1) is 17.6. The first-order valence-electron chi connectivity index (χ1n) is 7.72. The molecule has 1 aromatic carbocycles. The summed E-state index contributed by atoms with van der Waals surface area (Å²) in [4.78, 5) is 2.39. The van der Waals surface area contributed by atoms with Crippen LogP contribution in [0.1, 0.15) is 24.5 Å². The minimum atomic E-state index is -0.805. The van der Waals surface area contributed by atoms with E-state index in [0.717, 1.165) is 44.2 Å². The molecule has 0 bridgehead atoms. The van der Waals surface area contributed by atoms with Gasteiger partial charge in [0.2, 0.25) is 0 Å². The summed E-state index contributed by atoms with van der Waals surface area (Å²) in [7, 11) is 0. The number of benzene rings is 1. The zero-order chi connectivity index (χ0) is 14.7. The molecular weight excluding hydrogens is 310 g/mol. The highest BCUT2D eigenvalue weighted by Crippen LogP contribution is 2.25. The quantitative estimate of drug-likeness (QED) is 0.921. The average molecular weight is 333 g/mol. The first-order valence-corrected chi connectivity index (χ1v) is 7.72. The lowest BCUT2D eigenvalue weighted by Crippen LogP contribution is -2.43. The highest BCUT2D eigenvalue weighted by atomic mass is 35.5. The number of morpholine rings is 1. The first-order chi connectivity index (χ1) is 10.2. The number of nitrogens with zero attached hydrogens (tertiary/aromatic N) is 1. The Morgan fingerprint density at radius 3 is 2.68 bits per heavy atom. The molecule has 3 nitrogen and oxygen atoms in total. The Labute approximate surface area is 136 Å². The van der Waals surface area contributed by atoms with Crippen LogP contribution >= 0.6 is 12.4 Å². The van der Waals surface area contributed by atoms with Crippen LogP contribution in [0, 0.1) is 17.6 Å². The predicted octanol–water partition coefficient (Wildman–Crippen LogP) is 2.76. The Bertz CT molecular complexity index is 483. The summed E-state index contributed by atoms with van der Waals surface area (Å²) in [5.74, 6) is -0.873. The molecule has 2 heterocycles. The van der Waals surface area contributed by atoms with Gasteiger partial charge in [0, 0.05) is 19.6 Å². The molecule has 22 heavy (non-hydrogen) atoms. The zero-order valence-electron chi connectivity index (χ0n) is 12.6. The van der Waals surface area contributed by atoms with Crippen LogP contribution in [0.15, 0.2) is 18.2 Å². The Morgan fingerprint density at radius 1 is 1.18 bits per heavy atom. The molecule has 0 aromatic heterocycles. The second-order valence-corrected chi connectivity index (χ2v) is 5.99. The van der Waals surface area contributed by atoms with Crippen LogP contribution in [-0.2, 0) is 4.74 Å². The van der Waals surface area contributed by atoms with Crippen molar-refractivity contribution >= 4 is 12.4 Å². The van der Waals surface area contributed by atoms with Crippen molar-refractivity contribution < 1.29 is 13.5 Å². The summed E-state index contributed by atoms with van der Waals surface area (Å²) in [6.07, 6.45) is 2.27. The Hall–Kier alpha value is -0.750. The second-order valence-electron chi connectivity index (χ2n) is 5.99. The highest BCUT2D eigenvalue weighted by molar-refractivity contribution is 5.85. The Balaban J connectivity index is 0.00000176. The normalized spacial score (nSPS) is 24.0. The molecule has 124 valence electrons. The summed E-state index contributed by atoms with van der Waals surface area (Å²) in [5.41, 5.74) is 0.726. The monoisotopic (exact) mass is 332 g/mol. The van der Waals surface area contributed by atoms with Gasteiger partial charge in [-0.15, -0.1) is 12.4 Å². The van der Waals surface area contributed by atoms with Crippen molar-refractivity contribution in [2.45, 2.75) is 18.9 Å². The Morgan fingerprint density at radius 2 is 1.95 bits per heavy atom. The molecule has 0 radical (unpaired) electrons. The van der Waals surface area contributed by atoms with Gasteiger partial charge < -0.3 is 10.1 Å². The fraction of sp³-hybridized carbons (Fsp3) is 0.625. The van der Waals surface area contributed by atoms with Gasteiger partial charge in [-0.25, -0.2) is 8.78 Å². The van der Waals surface area contributed by atoms with Gasteiger partial charge in [-0.05, 0) is 49.5 Å². The fourth-order valence-corrected chi connectivity index (χ4v) is 3.21. The average Bonchev–Trinajstić information content (AvgIpc) is 2.51. The molecule has 0 aliphatic carbocycles. The fourth-order valence-electron chi connectivity index (χ4n) is 3.21. The van der Waals surface area contributed by atoms with E-state index in [1.807, 2.05) is 0 Å². The largest absolute Gasteiger partial charge is 0.371 e. The third kappa shape index (κ3) is 4.38. The van der Waals surface area contributed by atoms with Gasteiger partial charge in [-0.3, -0.25) is 4.90 Å². The molecule has 2 saturated heterocycles. The van der Waals surface area contributed by atoms with Gasteiger partial charge >= 0.3 is 0 Å². The van der Waals surface area contributed by atoms with Gasteiger partial charge in [0.15, 0.2) is 11.6 Å². The third-order valence-electron chi connectivity index (χ3n) is 4.44. The van der Waals surface area contributed by atoms with Crippen molar-refractivity contribution in [3.8, 4) is 0 Å². The Kier molecular flexibility index (Phi) is 6.56. The van der Waals surface area contributed by atoms with E-state index in [4.69, 9.17) is 4.74 Å². The molecule has 6 heteroatoms. The molecule has 0 saturated carbocycles. The van der Waals surface area contributed by atoms with E-state index in [2.05, 4.69) is 10.2 Å².